The van der Waals surface area contributed by atoms with Gasteiger partial charge < -0.3 is 4.90 Å². The van der Waals surface area contributed by atoms with Crippen molar-refractivity contribution in [1.29, 1.82) is 0 Å². The first-order chi connectivity index (χ1) is 6.64. The predicted octanol–water partition coefficient (Wildman–Crippen LogP) is 0.744. The molecule has 1 aliphatic heterocycles. The fourth-order valence-corrected chi connectivity index (χ4v) is 2.59. The molecule has 1 N–H and O–H groups in total. The summed E-state index contributed by atoms with van der Waals surface area (Å²) in [4.78, 5) is 2.38. The van der Waals surface area contributed by atoms with Gasteiger partial charge in [-0.1, -0.05) is 15.9 Å². The molecule has 6 heteroatoms. The van der Waals surface area contributed by atoms with Gasteiger partial charge in [0.2, 0.25) is 10.0 Å². The summed E-state index contributed by atoms with van der Waals surface area (Å²) in [5.74, 6) is 0. The maximum atomic E-state index is 11.0. The summed E-state index contributed by atoms with van der Waals surface area (Å²) in [7, 11) is -3.07. The van der Waals surface area contributed by atoms with Crippen LogP contribution in [0.1, 0.15) is 19.3 Å². The number of nitrogens with one attached hydrogen (secondary N) is 1. The van der Waals surface area contributed by atoms with E-state index in [1.807, 2.05) is 0 Å². The predicted molar refractivity (Wildman–Crippen MR) is 61.0 cm³/mol. The maximum Gasteiger partial charge on any atom is 0.221 e. The molecule has 1 heterocycles. The largest absolute Gasteiger partial charge is 0.303 e. The summed E-state index contributed by atoms with van der Waals surface area (Å²) in [6.45, 7) is 3.89. The monoisotopic (exact) mass is 284 g/mol. The van der Waals surface area contributed by atoms with E-state index in [9.17, 15) is 8.42 Å². The second kappa shape index (κ2) is 6.05. The third-order valence-electron chi connectivity index (χ3n) is 2.32. The van der Waals surface area contributed by atoms with E-state index in [1.54, 1.807) is 0 Å². The van der Waals surface area contributed by atoms with E-state index >= 15 is 0 Å². The summed E-state index contributed by atoms with van der Waals surface area (Å²) >= 11 is 2.93. The van der Waals surface area contributed by atoms with Crippen molar-refractivity contribution in [2.45, 2.75) is 19.3 Å². The van der Waals surface area contributed by atoms with Gasteiger partial charge in [0.05, 0.1) is 0 Å². The van der Waals surface area contributed by atoms with Crippen molar-refractivity contribution in [3.05, 3.63) is 0 Å². The molecule has 14 heavy (non-hydrogen) atoms. The molecule has 0 bridgehead atoms. The number of halogens is 1. The molecule has 1 aliphatic rings. The van der Waals surface area contributed by atoms with E-state index in [2.05, 4.69) is 25.6 Å². The third-order valence-corrected chi connectivity index (χ3v) is 5.05. The van der Waals surface area contributed by atoms with Crippen LogP contribution in [0.5, 0.6) is 0 Å². The Balaban J connectivity index is 2.04. The summed E-state index contributed by atoms with van der Waals surface area (Å²) < 4.78 is 24.6. The molecule has 1 rings (SSSR count). The molecule has 0 radical (unpaired) electrons. The zero-order valence-electron chi connectivity index (χ0n) is 8.21. The van der Waals surface area contributed by atoms with Crippen LogP contribution >= 0.6 is 15.9 Å². The second-order valence-corrected chi connectivity index (χ2v) is 6.63. The average molecular weight is 285 g/mol. The van der Waals surface area contributed by atoms with Crippen LogP contribution in [0.15, 0.2) is 0 Å². The van der Waals surface area contributed by atoms with Gasteiger partial charge in [-0.25, -0.2) is 13.1 Å². The highest BCUT2D eigenvalue weighted by atomic mass is 79.9. The molecule has 1 fully saturated rings. The van der Waals surface area contributed by atoms with Crippen molar-refractivity contribution >= 4 is 26.0 Å². The fourth-order valence-electron chi connectivity index (χ4n) is 1.58. The smallest absolute Gasteiger partial charge is 0.221 e. The number of alkyl halides is 1. The first kappa shape index (κ1) is 12.4. The normalized spacial score (nSPS) is 18.9. The standard InChI is InChI=1S/C8H17BrN2O2S/c9-8-14(12,13)10-4-3-7-11-5-1-2-6-11/h10H,1-8H2. The van der Waals surface area contributed by atoms with E-state index in [0.717, 1.165) is 13.0 Å². The first-order valence-electron chi connectivity index (χ1n) is 4.90. The second-order valence-electron chi connectivity index (χ2n) is 3.52. The Kier molecular flexibility index (Phi) is 5.36. The highest BCUT2D eigenvalue weighted by molar-refractivity contribution is 9.10. The molecule has 0 aliphatic carbocycles. The van der Waals surface area contributed by atoms with E-state index in [-0.39, 0.29) is 4.66 Å². The number of rotatable bonds is 6. The summed E-state index contributed by atoms with van der Waals surface area (Å²) in [5, 5.41) is 0. The topological polar surface area (TPSA) is 49.4 Å². The number of sulfonamides is 1. The summed E-state index contributed by atoms with van der Waals surface area (Å²) in [5.41, 5.74) is 0. The minimum Gasteiger partial charge on any atom is -0.303 e. The Labute approximate surface area is 94.2 Å². The van der Waals surface area contributed by atoms with Gasteiger partial charge in [-0.3, -0.25) is 0 Å². The quantitative estimate of drug-likeness (QED) is 0.578. The highest BCUT2D eigenvalue weighted by Crippen LogP contribution is 2.06. The molecule has 0 amide bonds. The van der Waals surface area contributed by atoms with E-state index in [0.29, 0.717) is 6.54 Å². The Morgan fingerprint density at radius 2 is 1.93 bits per heavy atom. The average Bonchev–Trinajstić information content (AvgIpc) is 2.65. The van der Waals surface area contributed by atoms with Crippen molar-refractivity contribution in [3.63, 3.8) is 0 Å². The minimum atomic E-state index is -3.07. The van der Waals surface area contributed by atoms with Gasteiger partial charge in [0.25, 0.3) is 0 Å². The summed E-state index contributed by atoms with van der Waals surface area (Å²) in [6.07, 6.45) is 3.46. The molecule has 84 valence electrons. The van der Waals surface area contributed by atoms with Crippen LogP contribution in [-0.4, -0.2) is 44.2 Å². The molecule has 0 spiro atoms. The third kappa shape index (κ3) is 4.72. The van der Waals surface area contributed by atoms with Gasteiger partial charge >= 0.3 is 0 Å². The van der Waals surface area contributed by atoms with Crippen LogP contribution in [0.3, 0.4) is 0 Å². The van der Waals surface area contributed by atoms with E-state index in [1.165, 1.54) is 25.9 Å². The van der Waals surface area contributed by atoms with Crippen molar-refractivity contribution in [3.8, 4) is 0 Å². The SMILES string of the molecule is O=S(=O)(CBr)NCCCN1CCCC1. The Bertz CT molecular complexity index is 250. The number of hydrogen-bond acceptors (Lipinski definition) is 3. The lowest BCUT2D eigenvalue weighted by Crippen LogP contribution is -2.29. The van der Waals surface area contributed by atoms with E-state index in [4.69, 9.17) is 0 Å². The molecular formula is C8H17BrN2O2S. The van der Waals surface area contributed by atoms with Gasteiger partial charge in [0, 0.05) is 6.54 Å². The van der Waals surface area contributed by atoms with Crippen LogP contribution in [0.4, 0.5) is 0 Å². The van der Waals surface area contributed by atoms with Crippen LogP contribution in [0.2, 0.25) is 0 Å². The lowest BCUT2D eigenvalue weighted by molar-refractivity contribution is 0.334. The van der Waals surface area contributed by atoms with Crippen molar-refractivity contribution in [2.75, 3.05) is 30.8 Å². The van der Waals surface area contributed by atoms with Gasteiger partial charge in [0.1, 0.15) is 4.66 Å². The lowest BCUT2D eigenvalue weighted by Gasteiger charge is -2.13. The zero-order chi connectivity index (χ0) is 10.4. The zero-order valence-corrected chi connectivity index (χ0v) is 10.6. The lowest BCUT2D eigenvalue weighted by atomic mass is 10.4. The van der Waals surface area contributed by atoms with Crippen molar-refractivity contribution in [1.82, 2.24) is 9.62 Å². The number of hydrogen-bond donors (Lipinski definition) is 1. The molecule has 0 aromatic carbocycles. The van der Waals surface area contributed by atoms with Gasteiger partial charge in [-0.15, -0.1) is 0 Å². The molecule has 0 atom stereocenters. The van der Waals surface area contributed by atoms with Crippen LogP contribution < -0.4 is 4.72 Å². The Hall–Kier alpha value is 0.350. The molecule has 0 aromatic heterocycles. The van der Waals surface area contributed by atoms with E-state index < -0.39 is 10.0 Å². The van der Waals surface area contributed by atoms with Crippen molar-refractivity contribution in [2.24, 2.45) is 0 Å². The Morgan fingerprint density at radius 1 is 1.29 bits per heavy atom. The molecule has 0 saturated carbocycles. The molecule has 1 saturated heterocycles. The molecule has 0 aromatic rings. The van der Waals surface area contributed by atoms with Gasteiger partial charge in [-0.05, 0) is 38.9 Å². The van der Waals surface area contributed by atoms with Crippen LogP contribution in [0.25, 0.3) is 0 Å². The first-order valence-corrected chi connectivity index (χ1v) is 7.67. The molecule has 0 unspecified atom stereocenters. The molecule has 4 nitrogen and oxygen atoms in total. The number of nitrogens with zero attached hydrogens (tertiary/aromatic N) is 1. The Morgan fingerprint density at radius 3 is 2.50 bits per heavy atom. The minimum absolute atomic E-state index is 0.0102. The maximum absolute atomic E-state index is 11.0. The van der Waals surface area contributed by atoms with Crippen molar-refractivity contribution < 1.29 is 8.42 Å². The molecular weight excluding hydrogens is 268 g/mol. The number of likely N-dealkylation sites (tertiary alicyclic amines) is 1. The van der Waals surface area contributed by atoms with Gasteiger partial charge in [-0.2, -0.15) is 0 Å². The highest BCUT2D eigenvalue weighted by Gasteiger charge is 2.11. The summed E-state index contributed by atoms with van der Waals surface area (Å²) in [6, 6.07) is 0. The van der Waals surface area contributed by atoms with Gasteiger partial charge in [0.15, 0.2) is 0 Å². The van der Waals surface area contributed by atoms with Crippen LogP contribution in [-0.2, 0) is 10.0 Å². The van der Waals surface area contributed by atoms with Crippen LogP contribution in [0, 0.1) is 0 Å². The fraction of sp³-hybridized carbons (Fsp3) is 1.00.